The molecule has 0 spiro atoms. The summed E-state index contributed by atoms with van der Waals surface area (Å²) in [7, 11) is 1.42. The number of aliphatic hydroxyl groups is 1. The Labute approximate surface area is 116 Å². The highest BCUT2D eigenvalue weighted by Crippen LogP contribution is 2.60. The molecule has 0 heterocycles. The number of carbonyl (C=O) groups is 1. The van der Waals surface area contributed by atoms with Crippen molar-refractivity contribution in [2.75, 3.05) is 7.11 Å². The highest BCUT2D eigenvalue weighted by Gasteiger charge is 2.57. The van der Waals surface area contributed by atoms with Crippen LogP contribution in [-0.4, -0.2) is 24.3 Å². The van der Waals surface area contributed by atoms with Gasteiger partial charge in [-0.25, -0.2) is 0 Å². The Bertz CT molecular complexity index is 399. The molecule has 0 amide bonds. The van der Waals surface area contributed by atoms with Gasteiger partial charge in [0.05, 0.1) is 19.1 Å². The molecule has 0 radical (unpaired) electrons. The molecule has 0 aromatic heterocycles. The number of rotatable bonds is 1. The number of hydrogen-bond acceptors (Lipinski definition) is 3. The van der Waals surface area contributed by atoms with Crippen molar-refractivity contribution in [2.24, 2.45) is 22.7 Å². The summed E-state index contributed by atoms with van der Waals surface area (Å²) in [6.07, 6.45) is 3.42. The van der Waals surface area contributed by atoms with Crippen molar-refractivity contribution in [2.45, 2.75) is 52.6 Å². The predicted octanol–water partition coefficient (Wildman–Crippen LogP) is 2.93. The number of carbonyl (C=O) groups excluding carboxylic acids is 1. The fourth-order valence-corrected chi connectivity index (χ4v) is 4.63. The summed E-state index contributed by atoms with van der Waals surface area (Å²) < 4.78 is 4.98. The van der Waals surface area contributed by atoms with Crippen LogP contribution < -0.4 is 0 Å². The number of aliphatic hydroxyl groups excluding tert-OH is 1. The topological polar surface area (TPSA) is 46.5 Å². The summed E-state index contributed by atoms with van der Waals surface area (Å²) in [5.74, 6) is -0.280. The zero-order valence-electron chi connectivity index (χ0n) is 12.5. The standard InChI is InChI=1S/C16H26O3/c1-10-11(17)9-12-15(2,3)7-6-8-16(12,4)13(10)14(18)19-5/h11-13,17H,1,6-9H2,2-5H3/t11-,12-,13+,16-/m0/s1. The van der Waals surface area contributed by atoms with E-state index in [4.69, 9.17) is 4.74 Å². The van der Waals surface area contributed by atoms with Crippen LogP contribution >= 0.6 is 0 Å². The van der Waals surface area contributed by atoms with E-state index in [9.17, 15) is 9.90 Å². The first-order valence-electron chi connectivity index (χ1n) is 7.18. The summed E-state index contributed by atoms with van der Waals surface area (Å²) in [6.45, 7) is 10.7. The van der Waals surface area contributed by atoms with Crippen LogP contribution in [0.2, 0.25) is 0 Å². The molecule has 3 heteroatoms. The van der Waals surface area contributed by atoms with Gasteiger partial charge in [-0.3, -0.25) is 4.79 Å². The molecule has 2 aliphatic rings. The maximum atomic E-state index is 12.2. The molecule has 2 fully saturated rings. The maximum Gasteiger partial charge on any atom is 0.313 e. The molecule has 2 rings (SSSR count). The summed E-state index contributed by atoms with van der Waals surface area (Å²) in [6, 6.07) is 0. The van der Waals surface area contributed by atoms with Crippen LogP contribution in [0, 0.1) is 22.7 Å². The lowest BCUT2D eigenvalue weighted by molar-refractivity contribution is -0.160. The van der Waals surface area contributed by atoms with Crippen molar-refractivity contribution in [1.29, 1.82) is 0 Å². The molecule has 2 aliphatic carbocycles. The van der Waals surface area contributed by atoms with Gasteiger partial charge >= 0.3 is 5.97 Å². The van der Waals surface area contributed by atoms with Crippen molar-refractivity contribution in [3.63, 3.8) is 0 Å². The first kappa shape index (κ1) is 14.6. The summed E-state index contributed by atoms with van der Waals surface area (Å²) in [5, 5.41) is 10.3. The normalized spacial score (nSPS) is 41.5. The first-order valence-corrected chi connectivity index (χ1v) is 7.18. The Morgan fingerprint density at radius 3 is 2.58 bits per heavy atom. The van der Waals surface area contributed by atoms with E-state index in [1.165, 1.54) is 7.11 Å². The summed E-state index contributed by atoms with van der Waals surface area (Å²) in [4.78, 5) is 12.2. The molecule has 108 valence electrons. The minimum absolute atomic E-state index is 0.134. The number of ether oxygens (including phenoxy) is 1. The summed E-state index contributed by atoms with van der Waals surface area (Å²) in [5.41, 5.74) is 0.662. The van der Waals surface area contributed by atoms with E-state index in [-0.39, 0.29) is 22.7 Å². The van der Waals surface area contributed by atoms with Gasteiger partial charge in [-0.15, -0.1) is 0 Å². The first-order chi connectivity index (χ1) is 8.74. The fourth-order valence-electron chi connectivity index (χ4n) is 4.63. The van der Waals surface area contributed by atoms with Crippen LogP contribution in [0.4, 0.5) is 0 Å². The van der Waals surface area contributed by atoms with Crippen LogP contribution in [0.15, 0.2) is 12.2 Å². The average Bonchev–Trinajstić information content (AvgIpc) is 2.32. The third kappa shape index (κ3) is 2.12. The molecule has 4 atom stereocenters. The Morgan fingerprint density at radius 2 is 2.00 bits per heavy atom. The molecule has 3 nitrogen and oxygen atoms in total. The molecule has 0 aliphatic heterocycles. The second kappa shape index (κ2) is 4.62. The minimum atomic E-state index is -0.584. The molecule has 0 unspecified atom stereocenters. The minimum Gasteiger partial charge on any atom is -0.469 e. The van der Waals surface area contributed by atoms with Crippen LogP contribution in [0.3, 0.4) is 0 Å². The quantitative estimate of drug-likeness (QED) is 0.586. The fraction of sp³-hybridized carbons (Fsp3) is 0.812. The Kier molecular flexibility index (Phi) is 3.54. The number of hydrogen-bond donors (Lipinski definition) is 1. The Hall–Kier alpha value is -0.830. The van der Waals surface area contributed by atoms with Gasteiger partial charge in [0.1, 0.15) is 0 Å². The van der Waals surface area contributed by atoms with Crippen molar-refractivity contribution < 1.29 is 14.6 Å². The third-order valence-electron chi connectivity index (χ3n) is 5.63. The van der Waals surface area contributed by atoms with Crippen LogP contribution in [-0.2, 0) is 9.53 Å². The van der Waals surface area contributed by atoms with Crippen molar-refractivity contribution in [1.82, 2.24) is 0 Å². The van der Waals surface area contributed by atoms with E-state index in [0.29, 0.717) is 11.5 Å². The zero-order chi connectivity index (χ0) is 14.4. The van der Waals surface area contributed by atoms with Gasteiger partial charge in [0.25, 0.3) is 0 Å². The molecular weight excluding hydrogens is 240 g/mol. The smallest absolute Gasteiger partial charge is 0.313 e. The van der Waals surface area contributed by atoms with Gasteiger partial charge < -0.3 is 9.84 Å². The Morgan fingerprint density at radius 1 is 1.37 bits per heavy atom. The lowest BCUT2D eigenvalue weighted by atomic mass is 9.47. The van der Waals surface area contributed by atoms with Gasteiger partial charge in [-0.1, -0.05) is 33.8 Å². The van der Waals surface area contributed by atoms with Crippen molar-refractivity contribution in [3.8, 4) is 0 Å². The Balaban J connectivity index is 2.46. The van der Waals surface area contributed by atoms with E-state index in [1.54, 1.807) is 0 Å². The monoisotopic (exact) mass is 266 g/mol. The molecule has 2 saturated carbocycles. The van der Waals surface area contributed by atoms with E-state index in [1.807, 2.05) is 0 Å². The van der Waals surface area contributed by atoms with Crippen LogP contribution in [0.1, 0.15) is 46.5 Å². The maximum absolute atomic E-state index is 12.2. The molecular formula is C16H26O3. The SMILES string of the molecule is C=C1[C@H](C(=O)OC)[C@@]2(C)CCCC(C)(C)[C@@H]2C[C@@H]1O. The van der Waals surface area contributed by atoms with Gasteiger partial charge in [-0.05, 0) is 41.6 Å². The molecule has 1 N–H and O–H groups in total. The zero-order valence-corrected chi connectivity index (χ0v) is 12.5. The second-order valence-electron chi connectivity index (χ2n) is 7.18. The number of fused-ring (bicyclic) bond motifs is 1. The lowest BCUT2D eigenvalue weighted by Crippen LogP contribution is -2.55. The predicted molar refractivity (Wildman–Crippen MR) is 74.5 cm³/mol. The highest BCUT2D eigenvalue weighted by molar-refractivity contribution is 5.77. The molecule has 19 heavy (non-hydrogen) atoms. The second-order valence-corrected chi connectivity index (χ2v) is 7.18. The summed E-state index contributed by atoms with van der Waals surface area (Å²) >= 11 is 0. The molecule has 0 aromatic rings. The van der Waals surface area contributed by atoms with E-state index in [2.05, 4.69) is 27.4 Å². The average molecular weight is 266 g/mol. The van der Waals surface area contributed by atoms with E-state index >= 15 is 0 Å². The lowest BCUT2D eigenvalue weighted by Gasteiger charge is -2.57. The van der Waals surface area contributed by atoms with Crippen molar-refractivity contribution in [3.05, 3.63) is 12.2 Å². The third-order valence-corrected chi connectivity index (χ3v) is 5.63. The van der Waals surface area contributed by atoms with Gasteiger partial charge in [0.15, 0.2) is 0 Å². The van der Waals surface area contributed by atoms with Crippen LogP contribution in [0.25, 0.3) is 0 Å². The van der Waals surface area contributed by atoms with Crippen molar-refractivity contribution >= 4 is 5.97 Å². The van der Waals surface area contributed by atoms with Gasteiger partial charge in [0.2, 0.25) is 0 Å². The molecule has 0 aromatic carbocycles. The molecule has 0 saturated heterocycles. The number of methoxy groups -OCH3 is 1. The van der Waals surface area contributed by atoms with Crippen LogP contribution in [0.5, 0.6) is 0 Å². The largest absolute Gasteiger partial charge is 0.469 e. The van der Waals surface area contributed by atoms with E-state index < -0.39 is 6.10 Å². The molecule has 0 bridgehead atoms. The van der Waals surface area contributed by atoms with E-state index in [0.717, 1.165) is 25.7 Å². The number of esters is 1. The van der Waals surface area contributed by atoms with Gasteiger partial charge in [-0.2, -0.15) is 0 Å². The highest BCUT2D eigenvalue weighted by atomic mass is 16.5. The van der Waals surface area contributed by atoms with Gasteiger partial charge in [0, 0.05) is 0 Å².